The number of rotatable bonds is 2. The highest BCUT2D eigenvalue weighted by Crippen LogP contribution is 2.36. The van der Waals surface area contributed by atoms with Crippen molar-refractivity contribution in [2.75, 3.05) is 26.2 Å². The van der Waals surface area contributed by atoms with Crippen LogP contribution in [-0.4, -0.2) is 37.0 Å². The van der Waals surface area contributed by atoms with Crippen molar-refractivity contribution >= 4 is 5.91 Å². The standard InChI is InChI=1S/C15H16FN3O/c16-14-4-3-11-10(1-2-12(11)13(14)7-17)9-19-6-5-18-8-15(19)20/h3-4,10,18H,1-2,5-6,8-9H2. The summed E-state index contributed by atoms with van der Waals surface area (Å²) in [6.07, 6.45) is 1.60. The number of carbonyl (C=O) groups excluding carboxylic acids is 1. The predicted molar refractivity (Wildman–Crippen MR) is 71.6 cm³/mol. The molecule has 2 aliphatic rings. The molecule has 1 fully saturated rings. The number of amides is 1. The number of hydrogen-bond acceptors (Lipinski definition) is 3. The maximum absolute atomic E-state index is 13.6. The minimum Gasteiger partial charge on any atom is -0.340 e. The second-order valence-electron chi connectivity index (χ2n) is 5.35. The molecule has 0 bridgehead atoms. The molecular formula is C15H16FN3O. The number of nitrogens with zero attached hydrogens (tertiary/aromatic N) is 2. The third kappa shape index (κ3) is 2.16. The van der Waals surface area contributed by atoms with Crippen LogP contribution in [0.5, 0.6) is 0 Å². The summed E-state index contributed by atoms with van der Waals surface area (Å²) in [6.45, 7) is 2.60. The average Bonchev–Trinajstić information content (AvgIpc) is 2.84. The van der Waals surface area contributed by atoms with E-state index in [1.54, 1.807) is 6.07 Å². The molecule has 1 aromatic rings. The molecule has 0 spiro atoms. The van der Waals surface area contributed by atoms with Gasteiger partial charge in [-0.1, -0.05) is 6.07 Å². The SMILES string of the molecule is N#Cc1c(F)ccc2c1CCC2CN1CCNCC1=O. The Labute approximate surface area is 117 Å². The van der Waals surface area contributed by atoms with Gasteiger partial charge < -0.3 is 10.2 Å². The van der Waals surface area contributed by atoms with Gasteiger partial charge in [0, 0.05) is 25.6 Å². The Kier molecular flexibility index (Phi) is 3.41. The predicted octanol–water partition coefficient (Wildman–Crippen LogP) is 1.16. The van der Waals surface area contributed by atoms with E-state index in [4.69, 9.17) is 5.26 Å². The summed E-state index contributed by atoms with van der Waals surface area (Å²) in [5.74, 6) is -0.0998. The third-order valence-corrected chi connectivity index (χ3v) is 4.22. The first-order valence-corrected chi connectivity index (χ1v) is 6.90. The van der Waals surface area contributed by atoms with Crippen LogP contribution in [0, 0.1) is 17.1 Å². The highest BCUT2D eigenvalue weighted by atomic mass is 19.1. The van der Waals surface area contributed by atoms with E-state index in [0.717, 1.165) is 37.1 Å². The van der Waals surface area contributed by atoms with Crippen LogP contribution in [0.15, 0.2) is 12.1 Å². The molecule has 1 aliphatic carbocycles. The molecule has 1 saturated heterocycles. The minimum absolute atomic E-state index is 0.118. The number of piperazine rings is 1. The Morgan fingerprint density at radius 3 is 3.10 bits per heavy atom. The summed E-state index contributed by atoms with van der Waals surface area (Å²) < 4.78 is 13.6. The zero-order chi connectivity index (χ0) is 14.1. The second kappa shape index (κ2) is 5.22. The summed E-state index contributed by atoms with van der Waals surface area (Å²) in [7, 11) is 0. The Morgan fingerprint density at radius 2 is 2.35 bits per heavy atom. The Hall–Kier alpha value is -1.93. The van der Waals surface area contributed by atoms with Gasteiger partial charge in [-0.25, -0.2) is 4.39 Å². The fourth-order valence-corrected chi connectivity index (χ4v) is 3.18. The summed E-state index contributed by atoms with van der Waals surface area (Å²) in [6, 6.07) is 5.11. The first kappa shape index (κ1) is 13.1. The Morgan fingerprint density at radius 1 is 1.50 bits per heavy atom. The summed E-state index contributed by atoms with van der Waals surface area (Å²) in [4.78, 5) is 13.7. The lowest BCUT2D eigenvalue weighted by Crippen LogP contribution is -2.49. The monoisotopic (exact) mass is 273 g/mol. The van der Waals surface area contributed by atoms with Gasteiger partial charge in [0.1, 0.15) is 11.9 Å². The van der Waals surface area contributed by atoms with E-state index in [1.165, 1.54) is 6.07 Å². The van der Waals surface area contributed by atoms with E-state index >= 15 is 0 Å². The van der Waals surface area contributed by atoms with Crippen molar-refractivity contribution in [3.05, 3.63) is 34.6 Å². The number of nitrogens with one attached hydrogen (secondary N) is 1. The maximum atomic E-state index is 13.6. The molecule has 1 heterocycles. The first-order valence-electron chi connectivity index (χ1n) is 6.90. The molecule has 1 unspecified atom stereocenters. The average molecular weight is 273 g/mol. The van der Waals surface area contributed by atoms with Gasteiger partial charge in [0.15, 0.2) is 0 Å². The molecule has 0 aromatic heterocycles. The molecular weight excluding hydrogens is 257 g/mol. The number of nitriles is 1. The molecule has 4 nitrogen and oxygen atoms in total. The zero-order valence-corrected chi connectivity index (χ0v) is 11.2. The highest BCUT2D eigenvalue weighted by molar-refractivity contribution is 5.79. The fraction of sp³-hybridized carbons (Fsp3) is 0.467. The van der Waals surface area contributed by atoms with Gasteiger partial charge in [0.2, 0.25) is 5.91 Å². The lowest BCUT2D eigenvalue weighted by atomic mass is 9.98. The summed E-state index contributed by atoms with van der Waals surface area (Å²) in [5.41, 5.74) is 2.05. The van der Waals surface area contributed by atoms with Crippen molar-refractivity contribution in [2.45, 2.75) is 18.8 Å². The smallest absolute Gasteiger partial charge is 0.236 e. The molecule has 3 rings (SSSR count). The van der Waals surface area contributed by atoms with Crippen LogP contribution >= 0.6 is 0 Å². The summed E-state index contributed by atoms with van der Waals surface area (Å²) >= 11 is 0. The van der Waals surface area contributed by atoms with Crippen LogP contribution in [0.3, 0.4) is 0 Å². The van der Waals surface area contributed by atoms with Crippen LogP contribution in [0.4, 0.5) is 4.39 Å². The van der Waals surface area contributed by atoms with Gasteiger partial charge in [-0.05, 0) is 30.0 Å². The molecule has 5 heteroatoms. The number of carbonyl (C=O) groups is 1. The molecule has 0 saturated carbocycles. The largest absolute Gasteiger partial charge is 0.340 e. The lowest BCUT2D eigenvalue weighted by molar-refractivity contribution is -0.132. The quantitative estimate of drug-likeness (QED) is 0.879. The number of benzene rings is 1. The van der Waals surface area contributed by atoms with E-state index in [9.17, 15) is 9.18 Å². The van der Waals surface area contributed by atoms with Gasteiger partial charge in [0.05, 0.1) is 12.1 Å². The third-order valence-electron chi connectivity index (χ3n) is 4.22. The number of hydrogen-bond donors (Lipinski definition) is 1. The highest BCUT2D eigenvalue weighted by Gasteiger charge is 2.29. The van der Waals surface area contributed by atoms with Gasteiger partial charge >= 0.3 is 0 Å². The van der Waals surface area contributed by atoms with E-state index in [2.05, 4.69) is 5.32 Å². The Balaban J connectivity index is 1.83. The molecule has 1 N–H and O–H groups in total. The molecule has 20 heavy (non-hydrogen) atoms. The van der Waals surface area contributed by atoms with Gasteiger partial charge in [-0.3, -0.25) is 4.79 Å². The van der Waals surface area contributed by atoms with Crippen LogP contribution in [0.1, 0.15) is 29.0 Å². The minimum atomic E-state index is -0.440. The van der Waals surface area contributed by atoms with Gasteiger partial charge in [-0.2, -0.15) is 5.26 Å². The van der Waals surface area contributed by atoms with Gasteiger partial charge in [0.25, 0.3) is 0 Å². The van der Waals surface area contributed by atoms with Crippen molar-refractivity contribution < 1.29 is 9.18 Å². The van der Waals surface area contributed by atoms with E-state index in [1.807, 2.05) is 11.0 Å². The van der Waals surface area contributed by atoms with Crippen molar-refractivity contribution in [1.29, 1.82) is 5.26 Å². The van der Waals surface area contributed by atoms with Crippen LogP contribution in [0.25, 0.3) is 0 Å². The second-order valence-corrected chi connectivity index (χ2v) is 5.35. The van der Waals surface area contributed by atoms with Crippen molar-refractivity contribution in [3.63, 3.8) is 0 Å². The van der Waals surface area contributed by atoms with Crippen LogP contribution < -0.4 is 5.32 Å². The van der Waals surface area contributed by atoms with E-state index in [0.29, 0.717) is 13.1 Å². The van der Waals surface area contributed by atoms with Crippen molar-refractivity contribution in [1.82, 2.24) is 10.2 Å². The molecule has 1 aromatic carbocycles. The fourth-order valence-electron chi connectivity index (χ4n) is 3.18. The molecule has 1 atom stereocenters. The molecule has 0 radical (unpaired) electrons. The van der Waals surface area contributed by atoms with Gasteiger partial charge in [-0.15, -0.1) is 0 Å². The van der Waals surface area contributed by atoms with E-state index < -0.39 is 5.82 Å². The normalized spacial score (nSPS) is 21.7. The zero-order valence-electron chi connectivity index (χ0n) is 11.2. The maximum Gasteiger partial charge on any atom is 0.236 e. The van der Waals surface area contributed by atoms with Crippen LogP contribution in [0.2, 0.25) is 0 Å². The van der Waals surface area contributed by atoms with Crippen molar-refractivity contribution in [3.8, 4) is 6.07 Å². The number of halogens is 1. The number of fused-ring (bicyclic) bond motifs is 1. The molecule has 104 valence electrons. The van der Waals surface area contributed by atoms with Crippen molar-refractivity contribution in [2.24, 2.45) is 0 Å². The van der Waals surface area contributed by atoms with Crippen LogP contribution in [-0.2, 0) is 11.2 Å². The van der Waals surface area contributed by atoms with E-state index in [-0.39, 0.29) is 17.4 Å². The Bertz CT molecular complexity index is 594. The first-order chi connectivity index (χ1) is 9.70. The topological polar surface area (TPSA) is 56.1 Å². The molecule has 1 amide bonds. The molecule has 1 aliphatic heterocycles. The lowest BCUT2D eigenvalue weighted by Gasteiger charge is -2.30. The summed E-state index contributed by atoms with van der Waals surface area (Å²) in [5, 5.41) is 12.1.